The molecule has 4 rings (SSSR count). The topological polar surface area (TPSA) is 64.4 Å². The van der Waals surface area contributed by atoms with Crippen LogP contribution in [-0.4, -0.2) is 16.5 Å². The Balaban J connectivity index is 1.57. The zero-order valence-electron chi connectivity index (χ0n) is 16.6. The van der Waals surface area contributed by atoms with Crippen LogP contribution in [0.4, 0.5) is 5.69 Å². The van der Waals surface area contributed by atoms with E-state index in [1.807, 2.05) is 12.1 Å². The molecule has 31 heavy (non-hydrogen) atoms. The lowest BCUT2D eigenvalue weighted by Crippen LogP contribution is -2.42. The van der Waals surface area contributed by atoms with Gasteiger partial charge in [0.05, 0.1) is 10.7 Å². The molecule has 3 aromatic carbocycles. The first kappa shape index (κ1) is 21.7. The van der Waals surface area contributed by atoms with Crippen molar-refractivity contribution in [3.8, 4) is 17.2 Å². The SMILES string of the molecule is CC(C)(Oc1ccc(Br)cc1)C(=O)Nc1cc(-c2nc3cc(Cl)ccc3o2)ccc1Cl. The molecule has 0 saturated heterocycles. The first-order valence-electron chi connectivity index (χ1n) is 9.33. The van der Waals surface area contributed by atoms with E-state index in [1.54, 1.807) is 62.4 Å². The van der Waals surface area contributed by atoms with Crippen molar-refractivity contribution in [1.29, 1.82) is 0 Å². The van der Waals surface area contributed by atoms with Gasteiger partial charge < -0.3 is 14.5 Å². The van der Waals surface area contributed by atoms with Gasteiger partial charge >= 0.3 is 0 Å². The summed E-state index contributed by atoms with van der Waals surface area (Å²) < 4.78 is 12.6. The van der Waals surface area contributed by atoms with E-state index in [0.717, 1.165) is 4.47 Å². The molecule has 4 aromatic rings. The highest BCUT2D eigenvalue weighted by Crippen LogP contribution is 2.32. The van der Waals surface area contributed by atoms with Crippen molar-refractivity contribution in [3.63, 3.8) is 0 Å². The van der Waals surface area contributed by atoms with Crippen LogP contribution in [0.1, 0.15) is 13.8 Å². The number of hydrogen-bond acceptors (Lipinski definition) is 4. The maximum absolute atomic E-state index is 12.9. The minimum absolute atomic E-state index is 0.348. The minimum Gasteiger partial charge on any atom is -0.478 e. The highest BCUT2D eigenvalue weighted by Gasteiger charge is 2.30. The molecule has 0 unspecified atom stereocenters. The number of carbonyl (C=O) groups is 1. The summed E-state index contributed by atoms with van der Waals surface area (Å²) in [6, 6.07) is 17.6. The first-order chi connectivity index (χ1) is 14.7. The number of amides is 1. The van der Waals surface area contributed by atoms with E-state index in [-0.39, 0.29) is 5.91 Å². The van der Waals surface area contributed by atoms with Gasteiger partial charge in [-0.2, -0.15) is 0 Å². The maximum atomic E-state index is 12.9. The summed E-state index contributed by atoms with van der Waals surface area (Å²) in [6.07, 6.45) is 0. The second kappa shape index (κ2) is 8.54. The number of oxazole rings is 1. The van der Waals surface area contributed by atoms with Crippen LogP contribution in [0.15, 0.2) is 69.6 Å². The second-order valence-corrected chi connectivity index (χ2v) is 9.11. The molecule has 0 atom stereocenters. The van der Waals surface area contributed by atoms with Crippen LogP contribution in [0.25, 0.3) is 22.6 Å². The van der Waals surface area contributed by atoms with Crippen molar-refractivity contribution in [2.45, 2.75) is 19.4 Å². The minimum atomic E-state index is -1.14. The summed E-state index contributed by atoms with van der Waals surface area (Å²) in [5.74, 6) is 0.627. The number of rotatable bonds is 5. The fourth-order valence-corrected chi connectivity index (χ4v) is 3.49. The molecule has 8 heteroatoms. The molecular formula is C23H17BrCl2N2O3. The zero-order chi connectivity index (χ0) is 22.2. The number of hydrogen-bond donors (Lipinski definition) is 1. The van der Waals surface area contributed by atoms with Crippen LogP contribution in [0.3, 0.4) is 0 Å². The molecule has 5 nitrogen and oxygen atoms in total. The summed E-state index contributed by atoms with van der Waals surface area (Å²) in [5, 5.41) is 3.80. The Morgan fingerprint density at radius 2 is 1.81 bits per heavy atom. The van der Waals surface area contributed by atoms with Gasteiger partial charge in [-0.3, -0.25) is 4.79 Å². The third-order valence-electron chi connectivity index (χ3n) is 4.54. The molecule has 0 spiro atoms. The smallest absolute Gasteiger partial charge is 0.268 e. The van der Waals surface area contributed by atoms with Gasteiger partial charge in [0.2, 0.25) is 5.89 Å². The lowest BCUT2D eigenvalue weighted by molar-refractivity contribution is -0.128. The van der Waals surface area contributed by atoms with Gasteiger partial charge in [-0.05, 0) is 74.5 Å². The van der Waals surface area contributed by atoms with Crippen LogP contribution < -0.4 is 10.1 Å². The van der Waals surface area contributed by atoms with Gasteiger partial charge in [0.15, 0.2) is 11.2 Å². The predicted molar refractivity (Wildman–Crippen MR) is 127 cm³/mol. The van der Waals surface area contributed by atoms with Gasteiger partial charge in [-0.15, -0.1) is 0 Å². The van der Waals surface area contributed by atoms with Crippen LogP contribution in [0, 0.1) is 0 Å². The molecule has 0 saturated carbocycles. The van der Waals surface area contributed by atoms with Gasteiger partial charge in [0, 0.05) is 15.1 Å². The summed E-state index contributed by atoms with van der Waals surface area (Å²) in [4.78, 5) is 17.4. The predicted octanol–water partition coefficient (Wildman–Crippen LogP) is 7.36. The Morgan fingerprint density at radius 3 is 2.55 bits per heavy atom. The van der Waals surface area contributed by atoms with E-state index < -0.39 is 5.60 Å². The van der Waals surface area contributed by atoms with Crippen LogP contribution >= 0.6 is 39.1 Å². The zero-order valence-corrected chi connectivity index (χ0v) is 19.7. The summed E-state index contributed by atoms with van der Waals surface area (Å²) in [7, 11) is 0. The monoisotopic (exact) mass is 518 g/mol. The van der Waals surface area contributed by atoms with Crippen LogP contribution in [0.5, 0.6) is 5.75 Å². The second-order valence-electron chi connectivity index (χ2n) is 7.35. The molecular weight excluding hydrogens is 503 g/mol. The molecule has 1 heterocycles. The molecule has 1 aromatic heterocycles. The van der Waals surface area contributed by atoms with E-state index in [4.69, 9.17) is 32.4 Å². The van der Waals surface area contributed by atoms with Crippen molar-refractivity contribution in [2.24, 2.45) is 0 Å². The molecule has 1 amide bonds. The summed E-state index contributed by atoms with van der Waals surface area (Å²) >= 11 is 15.7. The number of anilines is 1. The van der Waals surface area contributed by atoms with Crippen molar-refractivity contribution in [1.82, 2.24) is 4.98 Å². The van der Waals surface area contributed by atoms with Gasteiger partial charge in [-0.25, -0.2) is 4.98 Å². The normalized spacial score (nSPS) is 11.5. The Bertz CT molecular complexity index is 1270. The lowest BCUT2D eigenvalue weighted by atomic mass is 10.1. The molecule has 0 radical (unpaired) electrons. The number of nitrogens with one attached hydrogen (secondary N) is 1. The van der Waals surface area contributed by atoms with Crippen molar-refractivity contribution in [2.75, 3.05) is 5.32 Å². The highest BCUT2D eigenvalue weighted by molar-refractivity contribution is 9.10. The molecule has 0 bridgehead atoms. The van der Waals surface area contributed by atoms with Crippen molar-refractivity contribution < 1.29 is 13.9 Å². The quantitative estimate of drug-likeness (QED) is 0.299. The molecule has 158 valence electrons. The fraction of sp³-hybridized carbons (Fsp3) is 0.130. The third kappa shape index (κ3) is 4.87. The van der Waals surface area contributed by atoms with Crippen molar-refractivity contribution in [3.05, 3.63) is 75.2 Å². The molecule has 0 aliphatic rings. The van der Waals surface area contributed by atoms with Crippen LogP contribution in [-0.2, 0) is 4.79 Å². The molecule has 1 N–H and O–H groups in total. The van der Waals surface area contributed by atoms with Gasteiger partial charge in [0.1, 0.15) is 11.3 Å². The molecule has 0 fully saturated rings. The van der Waals surface area contributed by atoms with Gasteiger partial charge in [0.25, 0.3) is 5.91 Å². The van der Waals surface area contributed by atoms with E-state index in [1.165, 1.54) is 0 Å². The summed E-state index contributed by atoms with van der Waals surface area (Å²) in [6.45, 7) is 3.37. The van der Waals surface area contributed by atoms with E-state index >= 15 is 0 Å². The Kier molecular flexibility index (Phi) is 5.97. The number of nitrogens with zero attached hydrogens (tertiary/aromatic N) is 1. The van der Waals surface area contributed by atoms with Crippen LogP contribution in [0.2, 0.25) is 10.0 Å². The number of fused-ring (bicyclic) bond motifs is 1. The standard InChI is InChI=1S/C23H17BrCl2N2O3/c1-23(2,31-16-7-4-14(24)5-8-16)22(29)28-18-11-13(3-9-17(18)26)21-27-19-12-15(25)6-10-20(19)30-21/h3-12H,1-2H3,(H,28,29). The van der Waals surface area contributed by atoms with E-state index in [0.29, 0.717) is 44.0 Å². The average molecular weight is 520 g/mol. The first-order valence-corrected chi connectivity index (χ1v) is 10.9. The highest BCUT2D eigenvalue weighted by atomic mass is 79.9. The summed E-state index contributed by atoms with van der Waals surface area (Å²) in [5.41, 5.74) is 1.22. The fourth-order valence-electron chi connectivity index (χ4n) is 2.89. The Labute approximate surface area is 197 Å². The van der Waals surface area contributed by atoms with E-state index in [9.17, 15) is 4.79 Å². The number of aromatic nitrogens is 1. The Hall–Kier alpha value is -2.54. The van der Waals surface area contributed by atoms with E-state index in [2.05, 4.69) is 26.2 Å². The molecule has 0 aliphatic carbocycles. The molecule has 0 aliphatic heterocycles. The number of ether oxygens (including phenoxy) is 1. The van der Waals surface area contributed by atoms with Crippen molar-refractivity contribution >= 4 is 61.8 Å². The largest absolute Gasteiger partial charge is 0.478 e. The number of halogens is 3. The Morgan fingerprint density at radius 1 is 1.06 bits per heavy atom. The lowest BCUT2D eigenvalue weighted by Gasteiger charge is -2.25. The maximum Gasteiger partial charge on any atom is 0.268 e. The number of carbonyl (C=O) groups excluding carboxylic acids is 1. The third-order valence-corrected chi connectivity index (χ3v) is 5.64. The number of benzene rings is 3. The van der Waals surface area contributed by atoms with Gasteiger partial charge in [-0.1, -0.05) is 39.1 Å². The average Bonchev–Trinajstić information content (AvgIpc) is 3.14.